The molecule has 0 aliphatic rings. The lowest BCUT2D eigenvalue weighted by molar-refractivity contribution is 0.383. The SMILES string of the molecule is CC(C)(C)n1ccnc(NCc2nccs2)c1=O. The summed E-state index contributed by atoms with van der Waals surface area (Å²) in [6, 6.07) is 0. The Balaban J connectivity index is 2.22. The molecule has 0 atom stereocenters. The molecule has 2 heterocycles. The molecule has 0 fully saturated rings. The third-order valence-corrected chi connectivity index (χ3v) is 3.23. The van der Waals surface area contributed by atoms with Gasteiger partial charge in [0, 0.05) is 29.5 Å². The fourth-order valence-electron chi connectivity index (χ4n) is 1.56. The van der Waals surface area contributed by atoms with E-state index in [4.69, 9.17) is 0 Å². The molecule has 0 aliphatic carbocycles. The largest absolute Gasteiger partial charge is 0.359 e. The van der Waals surface area contributed by atoms with Crippen molar-refractivity contribution in [3.8, 4) is 0 Å². The Hall–Kier alpha value is -1.69. The lowest BCUT2D eigenvalue weighted by Gasteiger charge is -2.22. The number of hydrogen-bond acceptors (Lipinski definition) is 5. The molecule has 0 aliphatic heterocycles. The summed E-state index contributed by atoms with van der Waals surface area (Å²) >= 11 is 1.55. The van der Waals surface area contributed by atoms with Crippen molar-refractivity contribution in [2.45, 2.75) is 32.9 Å². The van der Waals surface area contributed by atoms with E-state index in [9.17, 15) is 4.79 Å². The smallest absolute Gasteiger partial charge is 0.293 e. The molecule has 0 amide bonds. The molecule has 2 aromatic rings. The summed E-state index contributed by atoms with van der Waals surface area (Å²) in [4.78, 5) is 20.4. The molecule has 0 saturated carbocycles. The van der Waals surface area contributed by atoms with Crippen LogP contribution in [0.15, 0.2) is 28.8 Å². The second kappa shape index (κ2) is 4.89. The first-order chi connectivity index (χ1) is 8.48. The van der Waals surface area contributed by atoms with Crippen LogP contribution in [-0.4, -0.2) is 14.5 Å². The first-order valence-electron chi connectivity index (χ1n) is 5.69. The number of hydrogen-bond donors (Lipinski definition) is 1. The summed E-state index contributed by atoms with van der Waals surface area (Å²) in [7, 11) is 0. The monoisotopic (exact) mass is 264 g/mol. The predicted octanol–water partition coefficient (Wildman–Crippen LogP) is 2.07. The highest BCUT2D eigenvalue weighted by atomic mass is 32.1. The van der Waals surface area contributed by atoms with Gasteiger partial charge >= 0.3 is 0 Å². The zero-order chi connectivity index (χ0) is 13.2. The average molecular weight is 264 g/mol. The number of rotatable bonds is 3. The molecular weight excluding hydrogens is 248 g/mol. The van der Waals surface area contributed by atoms with Crippen molar-refractivity contribution in [1.29, 1.82) is 0 Å². The van der Waals surface area contributed by atoms with Gasteiger partial charge in [-0.05, 0) is 20.8 Å². The molecule has 0 bridgehead atoms. The van der Waals surface area contributed by atoms with Crippen LogP contribution in [0.3, 0.4) is 0 Å². The van der Waals surface area contributed by atoms with Crippen LogP contribution in [0.5, 0.6) is 0 Å². The van der Waals surface area contributed by atoms with Crippen molar-refractivity contribution >= 4 is 17.2 Å². The zero-order valence-corrected chi connectivity index (χ0v) is 11.5. The van der Waals surface area contributed by atoms with E-state index in [1.165, 1.54) is 0 Å². The lowest BCUT2D eigenvalue weighted by Crippen LogP contribution is -2.35. The molecule has 2 aromatic heterocycles. The van der Waals surface area contributed by atoms with Gasteiger partial charge in [0.2, 0.25) is 0 Å². The van der Waals surface area contributed by atoms with E-state index in [1.54, 1.807) is 34.5 Å². The van der Waals surface area contributed by atoms with Gasteiger partial charge in [-0.2, -0.15) is 0 Å². The van der Waals surface area contributed by atoms with Gasteiger partial charge in [-0.3, -0.25) is 4.79 Å². The Kier molecular flexibility index (Phi) is 3.47. The summed E-state index contributed by atoms with van der Waals surface area (Å²) in [6.45, 7) is 6.48. The predicted molar refractivity (Wildman–Crippen MR) is 72.9 cm³/mol. The van der Waals surface area contributed by atoms with Crippen molar-refractivity contribution in [2.75, 3.05) is 5.32 Å². The minimum absolute atomic E-state index is 0.110. The lowest BCUT2D eigenvalue weighted by atomic mass is 10.1. The standard InChI is InChI=1S/C12H16N4OS/c1-12(2,3)16-6-4-14-10(11(16)17)15-8-9-13-5-7-18-9/h4-7H,8H2,1-3H3,(H,14,15). The molecule has 0 spiro atoms. The van der Waals surface area contributed by atoms with Crippen LogP contribution >= 0.6 is 11.3 Å². The second-order valence-electron chi connectivity index (χ2n) is 4.90. The van der Waals surface area contributed by atoms with Gasteiger partial charge in [-0.25, -0.2) is 9.97 Å². The third kappa shape index (κ3) is 2.76. The van der Waals surface area contributed by atoms with Gasteiger partial charge in [0.15, 0.2) is 5.82 Å². The van der Waals surface area contributed by atoms with Gasteiger partial charge in [0.25, 0.3) is 5.56 Å². The van der Waals surface area contributed by atoms with Crippen LogP contribution in [0.25, 0.3) is 0 Å². The summed E-state index contributed by atoms with van der Waals surface area (Å²) in [5, 5.41) is 5.87. The summed E-state index contributed by atoms with van der Waals surface area (Å²) in [6.07, 6.45) is 5.08. The summed E-state index contributed by atoms with van der Waals surface area (Å²) < 4.78 is 1.67. The van der Waals surface area contributed by atoms with E-state index in [1.807, 2.05) is 26.2 Å². The maximum absolute atomic E-state index is 12.2. The average Bonchev–Trinajstić information content (AvgIpc) is 2.79. The molecule has 96 valence electrons. The topological polar surface area (TPSA) is 59.8 Å². The van der Waals surface area contributed by atoms with E-state index in [0.717, 1.165) is 5.01 Å². The quantitative estimate of drug-likeness (QED) is 0.922. The van der Waals surface area contributed by atoms with Gasteiger partial charge < -0.3 is 9.88 Å². The number of thiazole rings is 1. The number of aromatic nitrogens is 3. The normalized spacial score (nSPS) is 11.5. The third-order valence-electron chi connectivity index (χ3n) is 2.45. The summed E-state index contributed by atoms with van der Waals surface area (Å²) in [5.74, 6) is 0.364. The van der Waals surface area contributed by atoms with Crippen molar-refractivity contribution in [3.05, 3.63) is 39.3 Å². The highest BCUT2D eigenvalue weighted by molar-refractivity contribution is 7.09. The van der Waals surface area contributed by atoms with E-state index < -0.39 is 0 Å². The first-order valence-corrected chi connectivity index (χ1v) is 6.57. The highest BCUT2D eigenvalue weighted by Crippen LogP contribution is 2.11. The molecule has 1 N–H and O–H groups in total. The number of anilines is 1. The van der Waals surface area contributed by atoms with E-state index in [0.29, 0.717) is 12.4 Å². The van der Waals surface area contributed by atoms with Crippen LogP contribution in [0.4, 0.5) is 5.82 Å². The fourth-order valence-corrected chi connectivity index (χ4v) is 2.12. The summed E-state index contributed by atoms with van der Waals surface area (Å²) in [5.41, 5.74) is -0.362. The van der Waals surface area contributed by atoms with Crippen molar-refractivity contribution in [2.24, 2.45) is 0 Å². The first kappa shape index (κ1) is 12.8. The molecule has 0 radical (unpaired) electrons. The van der Waals surface area contributed by atoms with Crippen LogP contribution in [0.1, 0.15) is 25.8 Å². The van der Waals surface area contributed by atoms with Crippen LogP contribution in [-0.2, 0) is 12.1 Å². The Morgan fingerprint density at radius 3 is 2.72 bits per heavy atom. The molecule has 0 saturated heterocycles. The van der Waals surface area contributed by atoms with E-state index in [-0.39, 0.29) is 11.1 Å². The van der Waals surface area contributed by atoms with Gasteiger partial charge in [-0.15, -0.1) is 11.3 Å². The molecule has 0 unspecified atom stereocenters. The Bertz CT molecular complexity index is 569. The Morgan fingerprint density at radius 2 is 2.11 bits per heavy atom. The van der Waals surface area contributed by atoms with E-state index >= 15 is 0 Å². The molecule has 2 rings (SSSR count). The minimum Gasteiger partial charge on any atom is -0.359 e. The van der Waals surface area contributed by atoms with Crippen molar-refractivity contribution < 1.29 is 0 Å². The van der Waals surface area contributed by atoms with Crippen LogP contribution in [0.2, 0.25) is 0 Å². The number of nitrogens with one attached hydrogen (secondary N) is 1. The minimum atomic E-state index is -0.252. The Labute approximate surface area is 110 Å². The van der Waals surface area contributed by atoms with Crippen LogP contribution < -0.4 is 10.9 Å². The maximum Gasteiger partial charge on any atom is 0.293 e. The molecule has 5 nitrogen and oxygen atoms in total. The highest BCUT2D eigenvalue weighted by Gasteiger charge is 2.16. The molecule has 0 aromatic carbocycles. The molecular formula is C12H16N4OS. The van der Waals surface area contributed by atoms with Gasteiger partial charge in [-0.1, -0.05) is 0 Å². The fraction of sp³-hybridized carbons (Fsp3) is 0.417. The van der Waals surface area contributed by atoms with Gasteiger partial charge in [0.05, 0.1) is 6.54 Å². The Morgan fingerprint density at radius 1 is 1.33 bits per heavy atom. The van der Waals surface area contributed by atoms with Crippen molar-refractivity contribution in [1.82, 2.24) is 14.5 Å². The van der Waals surface area contributed by atoms with Crippen molar-refractivity contribution in [3.63, 3.8) is 0 Å². The maximum atomic E-state index is 12.2. The molecule has 18 heavy (non-hydrogen) atoms. The van der Waals surface area contributed by atoms with E-state index in [2.05, 4.69) is 15.3 Å². The zero-order valence-electron chi connectivity index (χ0n) is 10.7. The molecule has 6 heteroatoms. The van der Waals surface area contributed by atoms with Gasteiger partial charge in [0.1, 0.15) is 5.01 Å². The number of nitrogens with zero attached hydrogens (tertiary/aromatic N) is 3. The second-order valence-corrected chi connectivity index (χ2v) is 5.88. The van der Waals surface area contributed by atoms with Crippen LogP contribution in [0, 0.1) is 0 Å².